The molecule has 2 nitrogen and oxygen atoms in total. The summed E-state index contributed by atoms with van der Waals surface area (Å²) in [4.78, 5) is 3.02. The zero-order valence-electron chi connectivity index (χ0n) is 10.8. The number of hydrogen-bond acceptors (Lipinski definition) is 1. The number of aromatic nitrogens is 2. The molecule has 0 bridgehead atoms. The van der Waals surface area contributed by atoms with Crippen LogP contribution in [-0.4, -0.2) is 9.96 Å². The number of unbranched alkanes of at least 4 members (excludes halogenated alkanes) is 7. The number of nitrogens with zero attached hydrogens (tertiary/aromatic N) is 1. The van der Waals surface area contributed by atoms with Crippen molar-refractivity contribution < 1.29 is 0 Å². The Labute approximate surface area is 101 Å². The Hall–Kier alpha value is -0.360. The Morgan fingerprint density at radius 3 is 2.19 bits per heavy atom. The summed E-state index contributed by atoms with van der Waals surface area (Å²) in [6.45, 7) is 4.38. The third kappa shape index (κ3) is 5.65. The lowest BCUT2D eigenvalue weighted by Crippen LogP contribution is -1.86. The highest BCUT2D eigenvalue weighted by Crippen LogP contribution is 2.18. The normalized spacial score (nSPS) is 11.4. The number of rotatable bonds is 9. The van der Waals surface area contributed by atoms with E-state index in [0.29, 0.717) is 0 Å². The zero-order chi connectivity index (χ0) is 11.6. The van der Waals surface area contributed by atoms with Gasteiger partial charge in [0.25, 0.3) is 0 Å². The Kier molecular flexibility index (Phi) is 7.50. The highest BCUT2D eigenvalue weighted by Gasteiger charge is 2.00. The molecule has 0 saturated carbocycles. The Morgan fingerprint density at radius 1 is 1.00 bits per heavy atom. The molecule has 1 N–H and O–H groups in total. The lowest BCUT2D eigenvalue weighted by atomic mass is 10.1. The second-order valence-electron chi connectivity index (χ2n) is 4.58. The third-order valence-corrected chi connectivity index (χ3v) is 4.10. The zero-order valence-corrected chi connectivity index (χ0v) is 11.7. The lowest BCUT2D eigenvalue weighted by Gasteiger charge is -2.01. The molecule has 92 valence electrons. The van der Waals surface area contributed by atoms with Gasteiger partial charge in [-0.15, -0.1) is 0 Å². The topological polar surface area (TPSA) is 28.7 Å². The molecule has 1 aromatic rings. The van der Waals surface area contributed by atoms with Gasteiger partial charge in [-0.05, 0) is 19.8 Å². The fourth-order valence-electron chi connectivity index (χ4n) is 1.97. The molecule has 0 unspecified atom stereocenters. The molecule has 0 atom stereocenters. The SMILES string of the molecule is CCCCCCCCCCc1p[nH]nc1C. The fourth-order valence-corrected chi connectivity index (χ4v) is 2.77. The summed E-state index contributed by atoms with van der Waals surface area (Å²) >= 11 is 0. The maximum Gasteiger partial charge on any atom is 0.0671 e. The predicted octanol–water partition coefficient (Wildman–Crippen LogP) is 4.98. The average molecular weight is 240 g/mol. The van der Waals surface area contributed by atoms with Crippen LogP contribution in [0.1, 0.15) is 69.3 Å². The number of hydrogen-bond donors (Lipinski definition) is 1. The van der Waals surface area contributed by atoms with Crippen LogP contribution in [0.2, 0.25) is 0 Å². The van der Waals surface area contributed by atoms with Crippen molar-refractivity contribution in [3.8, 4) is 0 Å². The molecule has 1 heterocycles. The minimum atomic E-state index is 1.21. The molecule has 0 amide bonds. The molecule has 0 radical (unpaired) electrons. The number of nitrogens with one attached hydrogen (secondary N) is 1. The molecule has 0 saturated heterocycles. The van der Waals surface area contributed by atoms with Crippen LogP contribution >= 0.6 is 8.35 Å². The maximum absolute atomic E-state index is 4.18. The molecule has 16 heavy (non-hydrogen) atoms. The van der Waals surface area contributed by atoms with Crippen molar-refractivity contribution in [2.24, 2.45) is 0 Å². The standard InChI is InChI=1S/C13H25N2P/c1-3-4-5-6-7-8-9-10-11-13-12(2)14-15-16-13/h3-11H2,1-2H3,(H,14,15). The van der Waals surface area contributed by atoms with E-state index < -0.39 is 0 Å². The number of H-pyrrole nitrogens is 1. The largest absolute Gasteiger partial charge is 0.260 e. The van der Waals surface area contributed by atoms with E-state index in [9.17, 15) is 0 Å². The van der Waals surface area contributed by atoms with Crippen molar-refractivity contribution in [3.05, 3.63) is 11.0 Å². The summed E-state index contributed by atoms with van der Waals surface area (Å²) in [5, 5.41) is 5.68. The van der Waals surface area contributed by atoms with Crippen molar-refractivity contribution in [3.63, 3.8) is 0 Å². The predicted molar refractivity (Wildman–Crippen MR) is 72.2 cm³/mol. The first kappa shape index (κ1) is 13.7. The van der Waals surface area contributed by atoms with E-state index in [1.54, 1.807) is 0 Å². The highest BCUT2D eigenvalue weighted by molar-refractivity contribution is 7.26. The van der Waals surface area contributed by atoms with Gasteiger partial charge < -0.3 is 0 Å². The van der Waals surface area contributed by atoms with Crippen LogP contribution in [0.15, 0.2) is 0 Å². The van der Waals surface area contributed by atoms with Crippen molar-refractivity contribution in [2.75, 3.05) is 0 Å². The summed E-state index contributed by atoms with van der Waals surface area (Å²) in [7, 11) is 1.22. The van der Waals surface area contributed by atoms with Crippen LogP contribution < -0.4 is 0 Å². The Balaban J connectivity index is 1.91. The molecule has 1 rings (SSSR count). The van der Waals surface area contributed by atoms with Crippen LogP contribution in [0.5, 0.6) is 0 Å². The van der Waals surface area contributed by atoms with Crippen LogP contribution in [0, 0.1) is 6.92 Å². The molecule has 1 aromatic heterocycles. The highest BCUT2D eigenvalue weighted by atomic mass is 31.0. The monoisotopic (exact) mass is 240 g/mol. The molecule has 0 aromatic carbocycles. The van der Waals surface area contributed by atoms with Gasteiger partial charge in [-0.2, -0.15) is 5.10 Å². The van der Waals surface area contributed by atoms with E-state index in [2.05, 4.69) is 23.8 Å². The Bertz CT molecular complexity index is 271. The van der Waals surface area contributed by atoms with Crippen molar-refractivity contribution >= 4 is 8.35 Å². The maximum atomic E-state index is 4.18. The molecule has 0 aliphatic rings. The van der Waals surface area contributed by atoms with Gasteiger partial charge in [0.2, 0.25) is 0 Å². The summed E-state index contributed by atoms with van der Waals surface area (Å²) in [6, 6.07) is 0. The van der Waals surface area contributed by atoms with Crippen LogP contribution in [0.3, 0.4) is 0 Å². The van der Waals surface area contributed by atoms with E-state index in [1.807, 2.05) is 0 Å². The minimum Gasteiger partial charge on any atom is -0.260 e. The summed E-state index contributed by atoms with van der Waals surface area (Å²) in [5.41, 5.74) is 1.21. The van der Waals surface area contributed by atoms with Gasteiger partial charge in [0.1, 0.15) is 0 Å². The van der Waals surface area contributed by atoms with Crippen LogP contribution in [0.25, 0.3) is 0 Å². The second kappa shape index (κ2) is 8.75. The molecule has 0 aliphatic carbocycles. The lowest BCUT2D eigenvalue weighted by molar-refractivity contribution is 0.576. The van der Waals surface area contributed by atoms with Crippen molar-refractivity contribution in [1.82, 2.24) is 9.96 Å². The third-order valence-electron chi connectivity index (χ3n) is 3.09. The van der Waals surface area contributed by atoms with Gasteiger partial charge in [0, 0.05) is 13.6 Å². The van der Waals surface area contributed by atoms with Gasteiger partial charge >= 0.3 is 0 Å². The molecule has 3 heteroatoms. The number of aromatic amines is 1. The van der Waals surface area contributed by atoms with E-state index in [1.165, 1.54) is 77.1 Å². The van der Waals surface area contributed by atoms with Crippen molar-refractivity contribution in [2.45, 2.75) is 71.6 Å². The van der Waals surface area contributed by atoms with E-state index >= 15 is 0 Å². The van der Waals surface area contributed by atoms with Crippen LogP contribution in [-0.2, 0) is 6.42 Å². The van der Waals surface area contributed by atoms with Gasteiger partial charge in [-0.3, -0.25) is 4.86 Å². The van der Waals surface area contributed by atoms with E-state index in [-0.39, 0.29) is 0 Å². The first-order valence-electron chi connectivity index (χ1n) is 6.71. The fraction of sp³-hybridized carbons (Fsp3) is 0.846. The molecule has 0 spiro atoms. The first-order chi connectivity index (χ1) is 7.84. The molecule has 0 fully saturated rings. The summed E-state index contributed by atoms with van der Waals surface area (Å²) in [5.74, 6) is 0. The molecular weight excluding hydrogens is 215 g/mol. The molecule has 0 aliphatic heterocycles. The van der Waals surface area contributed by atoms with Crippen molar-refractivity contribution in [1.29, 1.82) is 0 Å². The summed E-state index contributed by atoms with van der Waals surface area (Å²) < 4.78 is 0. The number of aryl methyl sites for hydroxylation is 2. The van der Waals surface area contributed by atoms with Gasteiger partial charge in [-0.1, -0.05) is 51.9 Å². The molecular formula is C13H25N2P. The van der Waals surface area contributed by atoms with Gasteiger partial charge in [0.15, 0.2) is 0 Å². The first-order valence-corrected chi connectivity index (χ1v) is 7.60. The van der Waals surface area contributed by atoms with E-state index in [0.717, 1.165) is 0 Å². The quantitative estimate of drug-likeness (QED) is 0.606. The smallest absolute Gasteiger partial charge is 0.0671 e. The van der Waals surface area contributed by atoms with Crippen LogP contribution in [0.4, 0.5) is 0 Å². The Morgan fingerprint density at radius 2 is 1.62 bits per heavy atom. The van der Waals surface area contributed by atoms with Gasteiger partial charge in [0.05, 0.1) is 5.69 Å². The second-order valence-corrected chi connectivity index (χ2v) is 5.54. The minimum absolute atomic E-state index is 1.21. The average Bonchev–Trinajstić information content (AvgIpc) is 2.68. The summed E-state index contributed by atoms with van der Waals surface area (Å²) in [6.07, 6.45) is 12.4. The van der Waals surface area contributed by atoms with Gasteiger partial charge in [-0.25, -0.2) is 0 Å². The van der Waals surface area contributed by atoms with E-state index in [4.69, 9.17) is 0 Å².